The van der Waals surface area contributed by atoms with Crippen LogP contribution >= 0.6 is 11.6 Å². The van der Waals surface area contributed by atoms with Crippen molar-refractivity contribution in [3.05, 3.63) is 22.8 Å². The summed E-state index contributed by atoms with van der Waals surface area (Å²) in [6, 6.07) is 1.94. The average molecular weight is 213 g/mol. The molecule has 14 heavy (non-hydrogen) atoms. The van der Waals surface area contributed by atoms with Gasteiger partial charge in [-0.15, -0.1) is 0 Å². The number of hydrogen-bond acceptors (Lipinski definition) is 3. The Labute approximate surface area is 88.6 Å². The van der Waals surface area contributed by atoms with E-state index in [-0.39, 0.29) is 0 Å². The van der Waals surface area contributed by atoms with Gasteiger partial charge in [-0.2, -0.15) is 0 Å². The molecule has 1 aromatic rings. The van der Waals surface area contributed by atoms with E-state index in [2.05, 4.69) is 9.88 Å². The number of nitrogens with zero attached hydrogens (tertiary/aromatic N) is 2. The zero-order chi connectivity index (χ0) is 9.97. The van der Waals surface area contributed by atoms with E-state index in [4.69, 9.17) is 16.3 Å². The monoisotopic (exact) mass is 212 g/mol. The van der Waals surface area contributed by atoms with E-state index in [1.807, 2.05) is 19.2 Å². The number of pyridine rings is 1. The fraction of sp³-hybridized carbons (Fsp3) is 0.500. The summed E-state index contributed by atoms with van der Waals surface area (Å²) in [5, 5.41) is 0.729. The fourth-order valence-electron chi connectivity index (χ4n) is 1.53. The molecule has 4 heteroatoms. The van der Waals surface area contributed by atoms with E-state index in [1.165, 1.54) is 0 Å². The molecule has 0 N–H and O–H groups in total. The third kappa shape index (κ3) is 1.99. The van der Waals surface area contributed by atoms with Crippen molar-refractivity contribution in [1.82, 2.24) is 4.98 Å². The van der Waals surface area contributed by atoms with Crippen molar-refractivity contribution in [2.45, 2.75) is 6.92 Å². The molecule has 2 rings (SSSR count). The summed E-state index contributed by atoms with van der Waals surface area (Å²) in [5.41, 5.74) is 1.09. The first-order chi connectivity index (χ1) is 6.77. The van der Waals surface area contributed by atoms with Crippen LogP contribution in [0, 0.1) is 6.92 Å². The Morgan fingerprint density at radius 2 is 2.14 bits per heavy atom. The highest BCUT2D eigenvalue weighted by molar-refractivity contribution is 6.33. The zero-order valence-corrected chi connectivity index (χ0v) is 8.92. The van der Waals surface area contributed by atoms with Crippen molar-refractivity contribution < 1.29 is 4.74 Å². The molecule has 0 atom stereocenters. The number of aryl methyl sites for hydroxylation is 1. The van der Waals surface area contributed by atoms with Crippen LogP contribution in [0.3, 0.4) is 0 Å². The Bertz CT molecular complexity index is 324. The molecule has 3 nitrogen and oxygen atoms in total. The summed E-state index contributed by atoms with van der Waals surface area (Å²) < 4.78 is 5.27. The summed E-state index contributed by atoms with van der Waals surface area (Å²) in [4.78, 5) is 6.50. The molecule has 1 aliphatic heterocycles. The lowest BCUT2D eigenvalue weighted by Crippen LogP contribution is -2.36. The Hall–Kier alpha value is -0.800. The number of rotatable bonds is 1. The number of ether oxygens (including phenoxy) is 1. The van der Waals surface area contributed by atoms with Gasteiger partial charge in [0.25, 0.3) is 0 Å². The second-order valence-corrected chi connectivity index (χ2v) is 3.82. The van der Waals surface area contributed by atoms with Gasteiger partial charge < -0.3 is 9.64 Å². The third-order valence-corrected chi connectivity index (χ3v) is 2.55. The first-order valence-electron chi connectivity index (χ1n) is 4.72. The number of anilines is 1. The Kier molecular flexibility index (Phi) is 2.89. The highest BCUT2D eigenvalue weighted by atomic mass is 35.5. The Morgan fingerprint density at radius 1 is 1.43 bits per heavy atom. The standard InChI is InChI=1S/C10H13ClN2O/c1-8-6-9(11)10(12-7-8)13-2-4-14-5-3-13/h6-7H,2-5H2,1H3. The highest BCUT2D eigenvalue weighted by Crippen LogP contribution is 2.24. The van der Waals surface area contributed by atoms with E-state index in [1.54, 1.807) is 0 Å². The summed E-state index contributed by atoms with van der Waals surface area (Å²) in [5.74, 6) is 0.876. The van der Waals surface area contributed by atoms with Gasteiger partial charge in [0.2, 0.25) is 0 Å². The van der Waals surface area contributed by atoms with Gasteiger partial charge in [-0.25, -0.2) is 4.98 Å². The molecule has 0 aliphatic carbocycles. The van der Waals surface area contributed by atoms with Crippen LogP contribution in [0.1, 0.15) is 5.56 Å². The minimum Gasteiger partial charge on any atom is -0.378 e. The second-order valence-electron chi connectivity index (χ2n) is 3.42. The molecular weight excluding hydrogens is 200 g/mol. The van der Waals surface area contributed by atoms with Crippen molar-refractivity contribution in [3.8, 4) is 0 Å². The van der Waals surface area contributed by atoms with Crippen molar-refractivity contribution in [1.29, 1.82) is 0 Å². The molecule has 1 aliphatic rings. The van der Waals surface area contributed by atoms with E-state index < -0.39 is 0 Å². The van der Waals surface area contributed by atoms with Gasteiger partial charge in [0.05, 0.1) is 18.2 Å². The lowest BCUT2D eigenvalue weighted by molar-refractivity contribution is 0.122. The Morgan fingerprint density at radius 3 is 2.79 bits per heavy atom. The highest BCUT2D eigenvalue weighted by Gasteiger charge is 2.14. The van der Waals surface area contributed by atoms with Gasteiger partial charge in [0, 0.05) is 19.3 Å². The maximum Gasteiger partial charge on any atom is 0.147 e. The van der Waals surface area contributed by atoms with Crippen molar-refractivity contribution in [2.75, 3.05) is 31.2 Å². The minimum absolute atomic E-state index is 0.729. The molecule has 0 amide bonds. The van der Waals surface area contributed by atoms with E-state index in [0.29, 0.717) is 0 Å². The fourth-order valence-corrected chi connectivity index (χ4v) is 1.87. The minimum atomic E-state index is 0.729. The molecule has 0 unspecified atom stereocenters. The van der Waals surface area contributed by atoms with Crippen molar-refractivity contribution >= 4 is 17.4 Å². The molecule has 1 aromatic heterocycles. The van der Waals surface area contributed by atoms with Crippen LogP contribution in [-0.2, 0) is 4.74 Å². The molecule has 1 saturated heterocycles. The average Bonchev–Trinajstić information content (AvgIpc) is 2.19. The van der Waals surface area contributed by atoms with E-state index in [0.717, 1.165) is 42.7 Å². The predicted octanol–water partition coefficient (Wildman–Crippen LogP) is 1.88. The third-order valence-electron chi connectivity index (χ3n) is 2.27. The van der Waals surface area contributed by atoms with Gasteiger partial charge in [-0.1, -0.05) is 11.6 Å². The quantitative estimate of drug-likeness (QED) is 0.711. The summed E-state index contributed by atoms with van der Waals surface area (Å²) >= 11 is 6.12. The smallest absolute Gasteiger partial charge is 0.147 e. The normalized spacial score (nSPS) is 17.1. The van der Waals surface area contributed by atoms with Gasteiger partial charge in [0.15, 0.2) is 0 Å². The zero-order valence-electron chi connectivity index (χ0n) is 8.16. The van der Waals surface area contributed by atoms with Gasteiger partial charge in [-0.3, -0.25) is 0 Å². The predicted molar refractivity (Wildman–Crippen MR) is 57.0 cm³/mol. The maximum absolute atomic E-state index is 6.12. The number of halogens is 1. The van der Waals surface area contributed by atoms with Gasteiger partial charge >= 0.3 is 0 Å². The summed E-state index contributed by atoms with van der Waals surface area (Å²) in [6.07, 6.45) is 1.84. The number of hydrogen-bond donors (Lipinski definition) is 0. The molecule has 1 fully saturated rings. The maximum atomic E-state index is 6.12. The van der Waals surface area contributed by atoms with E-state index >= 15 is 0 Å². The Balaban J connectivity index is 2.22. The van der Waals surface area contributed by atoms with Crippen LogP contribution in [0.15, 0.2) is 12.3 Å². The molecule has 0 bridgehead atoms. The summed E-state index contributed by atoms with van der Waals surface area (Å²) in [7, 11) is 0. The second kappa shape index (κ2) is 4.15. The van der Waals surface area contributed by atoms with Crippen molar-refractivity contribution in [3.63, 3.8) is 0 Å². The first-order valence-corrected chi connectivity index (χ1v) is 5.10. The number of aromatic nitrogens is 1. The van der Waals surface area contributed by atoms with Crippen LogP contribution in [0.25, 0.3) is 0 Å². The molecule has 0 aromatic carbocycles. The lowest BCUT2D eigenvalue weighted by Gasteiger charge is -2.28. The topological polar surface area (TPSA) is 25.4 Å². The van der Waals surface area contributed by atoms with Crippen LogP contribution in [0.4, 0.5) is 5.82 Å². The van der Waals surface area contributed by atoms with Crippen LogP contribution in [0.2, 0.25) is 5.02 Å². The number of morpholine rings is 1. The van der Waals surface area contributed by atoms with E-state index in [9.17, 15) is 0 Å². The van der Waals surface area contributed by atoms with Crippen LogP contribution < -0.4 is 4.90 Å². The molecule has 76 valence electrons. The first kappa shape index (κ1) is 9.74. The summed E-state index contributed by atoms with van der Waals surface area (Å²) in [6.45, 7) is 5.24. The van der Waals surface area contributed by atoms with Gasteiger partial charge in [-0.05, 0) is 18.6 Å². The van der Waals surface area contributed by atoms with Gasteiger partial charge in [0.1, 0.15) is 5.82 Å². The molecule has 0 radical (unpaired) electrons. The lowest BCUT2D eigenvalue weighted by atomic mass is 10.3. The molecular formula is C10H13ClN2O. The van der Waals surface area contributed by atoms with Crippen LogP contribution in [-0.4, -0.2) is 31.3 Å². The van der Waals surface area contributed by atoms with Crippen molar-refractivity contribution in [2.24, 2.45) is 0 Å². The molecule has 2 heterocycles. The largest absolute Gasteiger partial charge is 0.378 e. The molecule has 0 spiro atoms. The van der Waals surface area contributed by atoms with Crippen LogP contribution in [0.5, 0.6) is 0 Å². The SMILES string of the molecule is Cc1cnc(N2CCOCC2)c(Cl)c1. The molecule has 0 saturated carbocycles.